The average molecular weight is 305 g/mol. The molecular weight excluding hydrogens is 290 g/mol. The van der Waals surface area contributed by atoms with Crippen LogP contribution in [0.4, 0.5) is 0 Å². The summed E-state index contributed by atoms with van der Waals surface area (Å²) in [6, 6.07) is 7.55. The van der Waals surface area contributed by atoms with E-state index in [1.807, 2.05) is 6.92 Å². The summed E-state index contributed by atoms with van der Waals surface area (Å²) in [6.45, 7) is 1.83. The summed E-state index contributed by atoms with van der Waals surface area (Å²) in [4.78, 5) is 15.0. The lowest BCUT2D eigenvalue weighted by Crippen LogP contribution is -2.10. The first-order valence-electron chi connectivity index (χ1n) is 6.42. The number of sulfone groups is 1. The quantitative estimate of drug-likeness (QED) is 0.916. The van der Waals surface area contributed by atoms with E-state index in [4.69, 9.17) is 5.11 Å². The molecule has 2 aromatic rings. The second-order valence-corrected chi connectivity index (χ2v) is 6.56. The van der Waals surface area contributed by atoms with Crippen LogP contribution in [-0.2, 0) is 22.0 Å². The predicted octanol–water partition coefficient (Wildman–Crippen LogP) is 2.32. The summed E-state index contributed by atoms with van der Waals surface area (Å²) in [7, 11) is -3.62. The van der Waals surface area contributed by atoms with Gasteiger partial charge in [0, 0.05) is 12.4 Å². The SMILES string of the molecule is CCc1ccc(C(=O)O)cc1S(=O)(=O)Cc1cccnc1. The van der Waals surface area contributed by atoms with Crippen molar-refractivity contribution in [1.82, 2.24) is 4.98 Å². The van der Waals surface area contributed by atoms with Gasteiger partial charge in [-0.1, -0.05) is 19.1 Å². The van der Waals surface area contributed by atoms with Crippen molar-refractivity contribution in [2.75, 3.05) is 0 Å². The number of carbonyl (C=O) groups is 1. The molecule has 1 heterocycles. The summed E-state index contributed by atoms with van der Waals surface area (Å²) >= 11 is 0. The Morgan fingerprint density at radius 1 is 1.29 bits per heavy atom. The highest BCUT2D eigenvalue weighted by Gasteiger charge is 2.20. The fraction of sp³-hybridized carbons (Fsp3) is 0.200. The van der Waals surface area contributed by atoms with Crippen LogP contribution in [0.25, 0.3) is 0 Å². The van der Waals surface area contributed by atoms with E-state index >= 15 is 0 Å². The van der Waals surface area contributed by atoms with Crippen molar-refractivity contribution in [2.45, 2.75) is 24.0 Å². The molecule has 5 nitrogen and oxygen atoms in total. The summed E-state index contributed by atoms with van der Waals surface area (Å²) in [5, 5.41) is 9.02. The summed E-state index contributed by atoms with van der Waals surface area (Å²) in [6.07, 6.45) is 3.57. The van der Waals surface area contributed by atoms with E-state index in [-0.39, 0.29) is 16.2 Å². The van der Waals surface area contributed by atoms with Gasteiger partial charge in [-0.2, -0.15) is 0 Å². The maximum atomic E-state index is 12.5. The van der Waals surface area contributed by atoms with Crippen LogP contribution in [0.3, 0.4) is 0 Å². The number of nitrogens with zero attached hydrogens (tertiary/aromatic N) is 1. The second kappa shape index (κ2) is 6.05. The first-order chi connectivity index (χ1) is 9.94. The van der Waals surface area contributed by atoms with Gasteiger partial charge in [0.15, 0.2) is 9.84 Å². The second-order valence-electron chi connectivity index (χ2n) is 4.60. The predicted molar refractivity (Wildman–Crippen MR) is 77.9 cm³/mol. The number of rotatable bonds is 5. The van der Waals surface area contributed by atoms with Gasteiger partial charge in [0.1, 0.15) is 0 Å². The molecule has 6 heteroatoms. The normalized spacial score (nSPS) is 11.3. The standard InChI is InChI=1S/C15H15NO4S/c1-2-12-5-6-13(15(17)18)8-14(12)21(19,20)10-11-4-3-7-16-9-11/h3-9H,2,10H2,1H3,(H,17,18). The molecule has 2 rings (SSSR count). The Bertz CT molecular complexity index is 754. The fourth-order valence-electron chi connectivity index (χ4n) is 2.05. The van der Waals surface area contributed by atoms with E-state index in [1.165, 1.54) is 18.3 Å². The van der Waals surface area contributed by atoms with Crippen molar-refractivity contribution in [3.63, 3.8) is 0 Å². The molecule has 1 aromatic heterocycles. The van der Waals surface area contributed by atoms with Gasteiger partial charge < -0.3 is 5.11 Å². The zero-order chi connectivity index (χ0) is 15.5. The summed E-state index contributed by atoms with van der Waals surface area (Å²) in [5.41, 5.74) is 1.15. The minimum Gasteiger partial charge on any atom is -0.478 e. The highest BCUT2D eigenvalue weighted by Crippen LogP contribution is 2.22. The van der Waals surface area contributed by atoms with Gasteiger partial charge in [0.2, 0.25) is 0 Å². The molecule has 0 spiro atoms. The molecule has 1 aromatic carbocycles. The Morgan fingerprint density at radius 3 is 2.62 bits per heavy atom. The Hall–Kier alpha value is -2.21. The first-order valence-corrected chi connectivity index (χ1v) is 8.07. The monoisotopic (exact) mass is 305 g/mol. The minimum atomic E-state index is -3.62. The lowest BCUT2D eigenvalue weighted by atomic mass is 10.1. The molecular formula is C15H15NO4S. The lowest BCUT2D eigenvalue weighted by Gasteiger charge is -2.10. The molecule has 0 aliphatic heterocycles. The number of aryl methyl sites for hydroxylation is 1. The van der Waals surface area contributed by atoms with Crippen LogP contribution in [0.2, 0.25) is 0 Å². The number of aromatic nitrogens is 1. The van der Waals surface area contributed by atoms with E-state index in [0.29, 0.717) is 17.5 Å². The molecule has 0 atom stereocenters. The number of carboxylic acid groups (broad SMARTS) is 1. The number of carboxylic acids is 1. The number of aromatic carboxylic acids is 1. The zero-order valence-corrected chi connectivity index (χ0v) is 12.3. The molecule has 0 aliphatic rings. The van der Waals surface area contributed by atoms with Crippen molar-refractivity contribution >= 4 is 15.8 Å². The van der Waals surface area contributed by atoms with Crippen molar-refractivity contribution in [1.29, 1.82) is 0 Å². The third kappa shape index (κ3) is 3.46. The average Bonchev–Trinajstić information content (AvgIpc) is 2.47. The van der Waals surface area contributed by atoms with Gasteiger partial charge in [0.05, 0.1) is 16.2 Å². The third-order valence-corrected chi connectivity index (χ3v) is 4.87. The van der Waals surface area contributed by atoms with Gasteiger partial charge in [-0.25, -0.2) is 13.2 Å². The lowest BCUT2D eigenvalue weighted by molar-refractivity contribution is 0.0696. The van der Waals surface area contributed by atoms with Crippen LogP contribution in [0.15, 0.2) is 47.6 Å². The van der Waals surface area contributed by atoms with E-state index in [9.17, 15) is 13.2 Å². The smallest absolute Gasteiger partial charge is 0.335 e. The number of hydrogen-bond acceptors (Lipinski definition) is 4. The molecule has 110 valence electrons. The molecule has 0 amide bonds. The number of pyridine rings is 1. The van der Waals surface area contributed by atoms with E-state index < -0.39 is 15.8 Å². The van der Waals surface area contributed by atoms with E-state index in [0.717, 1.165) is 0 Å². The molecule has 0 bridgehead atoms. The van der Waals surface area contributed by atoms with Gasteiger partial charge in [-0.05, 0) is 35.7 Å². The zero-order valence-electron chi connectivity index (χ0n) is 11.5. The van der Waals surface area contributed by atoms with Crippen molar-refractivity contribution < 1.29 is 18.3 Å². The summed E-state index contributed by atoms with van der Waals surface area (Å²) < 4.78 is 25.1. The molecule has 0 aliphatic carbocycles. The maximum Gasteiger partial charge on any atom is 0.335 e. The topological polar surface area (TPSA) is 84.3 Å². The molecule has 0 fully saturated rings. The van der Waals surface area contributed by atoms with Gasteiger partial charge in [0.25, 0.3) is 0 Å². The number of benzene rings is 1. The number of hydrogen-bond donors (Lipinski definition) is 1. The fourth-order valence-corrected chi connectivity index (χ4v) is 3.73. The highest BCUT2D eigenvalue weighted by molar-refractivity contribution is 7.90. The molecule has 0 unspecified atom stereocenters. The first kappa shape index (κ1) is 15.2. The third-order valence-electron chi connectivity index (χ3n) is 3.11. The largest absolute Gasteiger partial charge is 0.478 e. The molecule has 0 radical (unpaired) electrons. The Balaban J connectivity index is 2.48. The molecule has 1 N–H and O–H groups in total. The molecule has 0 saturated carbocycles. The van der Waals surface area contributed by atoms with Crippen LogP contribution in [0, 0.1) is 0 Å². The van der Waals surface area contributed by atoms with Crippen LogP contribution in [0.1, 0.15) is 28.4 Å². The van der Waals surface area contributed by atoms with E-state index in [2.05, 4.69) is 4.98 Å². The van der Waals surface area contributed by atoms with Crippen LogP contribution < -0.4 is 0 Å². The van der Waals surface area contributed by atoms with Gasteiger partial charge in [-0.3, -0.25) is 4.98 Å². The van der Waals surface area contributed by atoms with E-state index in [1.54, 1.807) is 24.4 Å². The minimum absolute atomic E-state index is 0.0306. The highest BCUT2D eigenvalue weighted by atomic mass is 32.2. The van der Waals surface area contributed by atoms with Crippen LogP contribution in [0.5, 0.6) is 0 Å². The summed E-state index contributed by atoms with van der Waals surface area (Å²) in [5.74, 6) is -1.34. The van der Waals surface area contributed by atoms with Gasteiger partial charge in [-0.15, -0.1) is 0 Å². The Morgan fingerprint density at radius 2 is 2.05 bits per heavy atom. The van der Waals surface area contributed by atoms with Crippen molar-refractivity contribution in [3.8, 4) is 0 Å². The Kier molecular flexibility index (Phi) is 4.37. The van der Waals surface area contributed by atoms with Crippen LogP contribution >= 0.6 is 0 Å². The molecule has 21 heavy (non-hydrogen) atoms. The van der Waals surface area contributed by atoms with Crippen molar-refractivity contribution in [2.24, 2.45) is 0 Å². The van der Waals surface area contributed by atoms with Crippen LogP contribution in [-0.4, -0.2) is 24.5 Å². The van der Waals surface area contributed by atoms with Crippen molar-refractivity contribution in [3.05, 3.63) is 59.4 Å². The maximum absolute atomic E-state index is 12.5. The molecule has 0 saturated heterocycles. The van der Waals surface area contributed by atoms with Gasteiger partial charge >= 0.3 is 5.97 Å². The Labute approximate surface area is 123 Å².